The Morgan fingerprint density at radius 2 is 0.925 bits per heavy atom. The van der Waals surface area contributed by atoms with E-state index in [0.717, 1.165) is 71.1 Å². The van der Waals surface area contributed by atoms with Crippen molar-refractivity contribution < 1.29 is 0 Å². The molecule has 0 N–H and O–H groups in total. The number of para-hydroxylation sites is 4. The van der Waals surface area contributed by atoms with Crippen molar-refractivity contribution in [3.63, 3.8) is 0 Å². The minimum absolute atomic E-state index is 0.475. The Balaban J connectivity index is 1.23. The van der Waals surface area contributed by atoms with E-state index in [1.54, 1.807) is 0 Å². The lowest BCUT2D eigenvalue weighted by Crippen LogP contribution is -2.02. The second-order valence-electron chi connectivity index (χ2n) is 13.5. The Morgan fingerprint density at radius 1 is 0.434 bits per heavy atom. The van der Waals surface area contributed by atoms with E-state index in [4.69, 9.17) is 6.57 Å². The summed E-state index contributed by atoms with van der Waals surface area (Å²) in [7, 11) is 0. The minimum Gasteiger partial charge on any atom is -0.319 e. The Labute approximate surface area is 303 Å². The summed E-state index contributed by atoms with van der Waals surface area (Å²) in [6.07, 6.45) is 0. The van der Waals surface area contributed by atoms with E-state index in [1.165, 1.54) is 10.8 Å². The van der Waals surface area contributed by atoms with Gasteiger partial charge in [0.25, 0.3) is 0 Å². The zero-order chi connectivity index (χ0) is 35.2. The smallest absolute Gasteiger partial charge is 0.212 e. The molecule has 5 heteroatoms. The quantitative estimate of drug-likeness (QED) is 0.172. The van der Waals surface area contributed by atoms with Gasteiger partial charge in [0.2, 0.25) is 5.69 Å². The third kappa shape index (κ3) is 3.99. The van der Waals surface area contributed by atoms with Gasteiger partial charge in [-0.15, -0.1) is 0 Å². The van der Waals surface area contributed by atoms with E-state index < -0.39 is 0 Å². The van der Waals surface area contributed by atoms with Crippen molar-refractivity contribution in [2.75, 3.05) is 0 Å². The molecule has 3 heterocycles. The fraction of sp³-hybridized carbons (Fsp3) is 0. The number of hydrogen-bond acceptors (Lipinski definition) is 1. The first kappa shape index (κ1) is 29.2. The molecule has 0 spiro atoms. The summed E-state index contributed by atoms with van der Waals surface area (Å²) in [5, 5.41) is 20.0. The molecule has 0 unspecified atom stereocenters. The summed E-state index contributed by atoms with van der Waals surface area (Å²) in [5.41, 5.74) is 9.65. The summed E-state index contributed by atoms with van der Waals surface area (Å²) in [5.74, 6) is 0. The average Bonchev–Trinajstić information content (AvgIpc) is 3.86. The molecule has 0 saturated carbocycles. The zero-order valence-corrected chi connectivity index (χ0v) is 28.3. The molecule has 0 radical (unpaired) electrons. The minimum atomic E-state index is 0.475. The first-order valence-electron chi connectivity index (χ1n) is 17.6. The van der Waals surface area contributed by atoms with Crippen molar-refractivity contribution in [2.24, 2.45) is 0 Å². The summed E-state index contributed by atoms with van der Waals surface area (Å²) < 4.78 is 6.65. The van der Waals surface area contributed by atoms with Crippen LogP contribution in [0.3, 0.4) is 0 Å². The molecule has 244 valence electrons. The molecule has 0 fully saturated rings. The molecular weight excluding hydrogens is 647 g/mol. The molecule has 0 atom stereocenters. The van der Waals surface area contributed by atoms with Crippen molar-refractivity contribution >= 4 is 81.9 Å². The Kier molecular flexibility index (Phi) is 6.02. The van der Waals surface area contributed by atoms with E-state index in [1.807, 2.05) is 36.4 Å². The molecule has 11 rings (SSSR count). The van der Waals surface area contributed by atoms with Crippen LogP contribution in [-0.2, 0) is 0 Å². The zero-order valence-electron chi connectivity index (χ0n) is 28.3. The molecule has 0 aliphatic heterocycles. The van der Waals surface area contributed by atoms with E-state index in [-0.39, 0.29) is 0 Å². The molecule has 8 aromatic carbocycles. The Hall–Kier alpha value is -7.60. The maximum atomic E-state index is 10.9. The van der Waals surface area contributed by atoms with Crippen molar-refractivity contribution in [3.05, 3.63) is 181 Å². The summed E-state index contributed by atoms with van der Waals surface area (Å²) in [6, 6.07) is 59.4. The number of aromatic nitrogens is 3. The normalized spacial score (nSPS) is 11.7. The highest BCUT2D eigenvalue weighted by Gasteiger charge is 2.22. The summed E-state index contributed by atoms with van der Waals surface area (Å²) >= 11 is 0. The maximum Gasteiger partial charge on any atom is 0.212 e. The lowest BCUT2D eigenvalue weighted by molar-refractivity contribution is 1.14. The Bertz CT molecular complexity index is 3320. The van der Waals surface area contributed by atoms with Gasteiger partial charge in [0, 0.05) is 38.0 Å². The topological polar surface area (TPSA) is 42.9 Å². The SMILES string of the molecule is [C-]#[N+]c1cc(-n2c3ccc(-n4c5ccccc5c5ccccc54)cc3c3c4ccccc4ccc32)c(C#N)cc1-n1c2ccccc2c2ccccc21. The van der Waals surface area contributed by atoms with E-state index >= 15 is 0 Å². The number of benzene rings is 8. The van der Waals surface area contributed by atoms with Crippen LogP contribution in [0.15, 0.2) is 164 Å². The largest absolute Gasteiger partial charge is 0.319 e. The van der Waals surface area contributed by atoms with Crippen LogP contribution >= 0.6 is 0 Å². The summed E-state index contributed by atoms with van der Waals surface area (Å²) in [6.45, 7) is 8.44. The molecule has 0 aliphatic rings. The van der Waals surface area contributed by atoms with Crippen LogP contribution in [0.1, 0.15) is 5.56 Å². The van der Waals surface area contributed by atoms with Gasteiger partial charge in [-0.2, -0.15) is 5.26 Å². The molecule has 3 aromatic heterocycles. The van der Waals surface area contributed by atoms with Gasteiger partial charge in [-0.1, -0.05) is 103 Å². The number of fused-ring (bicyclic) bond motifs is 11. The first-order valence-corrected chi connectivity index (χ1v) is 17.6. The van der Waals surface area contributed by atoms with Crippen molar-refractivity contribution in [3.8, 4) is 23.1 Å². The molecule has 0 bridgehead atoms. The van der Waals surface area contributed by atoms with Crippen LogP contribution in [0.4, 0.5) is 5.69 Å². The standard InChI is InChI=1S/C48H27N5/c1-50-39-28-46(31(29-49)26-47(39)52-42-20-10-6-16-36(42)37-17-7-11-21-43(37)52)53-44-25-23-32(27-38(44)48-33-13-3-2-12-30(33)22-24-45(48)53)51-40-18-8-4-14-34(40)35-15-5-9-19-41(35)51/h2-28H. The highest BCUT2D eigenvalue weighted by atomic mass is 15.0. The van der Waals surface area contributed by atoms with Gasteiger partial charge in [0.1, 0.15) is 6.07 Å². The number of nitrogens with zero attached hydrogens (tertiary/aromatic N) is 5. The molecule has 11 aromatic rings. The molecule has 53 heavy (non-hydrogen) atoms. The van der Waals surface area contributed by atoms with Gasteiger partial charge in [0.05, 0.1) is 56.6 Å². The monoisotopic (exact) mass is 673 g/mol. The van der Waals surface area contributed by atoms with Gasteiger partial charge < -0.3 is 13.7 Å². The van der Waals surface area contributed by atoms with Crippen LogP contribution in [0.25, 0.3) is 98.1 Å². The van der Waals surface area contributed by atoms with Gasteiger partial charge in [-0.05, 0) is 71.4 Å². The second kappa shape index (κ2) is 10.9. The highest BCUT2D eigenvalue weighted by Crippen LogP contribution is 2.43. The Morgan fingerprint density at radius 3 is 1.51 bits per heavy atom. The van der Waals surface area contributed by atoms with E-state index in [0.29, 0.717) is 22.6 Å². The van der Waals surface area contributed by atoms with Crippen molar-refractivity contribution in [1.29, 1.82) is 5.26 Å². The third-order valence-electron chi connectivity index (χ3n) is 10.9. The fourth-order valence-corrected chi connectivity index (χ4v) is 8.67. The highest BCUT2D eigenvalue weighted by molar-refractivity contribution is 6.22. The van der Waals surface area contributed by atoms with Crippen LogP contribution in [-0.4, -0.2) is 13.7 Å². The first-order chi connectivity index (χ1) is 26.2. The van der Waals surface area contributed by atoms with Crippen molar-refractivity contribution in [2.45, 2.75) is 0 Å². The van der Waals surface area contributed by atoms with E-state index in [9.17, 15) is 5.26 Å². The van der Waals surface area contributed by atoms with Crippen LogP contribution in [0.2, 0.25) is 0 Å². The van der Waals surface area contributed by atoms with E-state index in [2.05, 4.69) is 152 Å². The summed E-state index contributed by atoms with van der Waals surface area (Å²) in [4.78, 5) is 4.10. The molecular formula is C48H27N5. The molecule has 0 saturated heterocycles. The predicted molar refractivity (Wildman–Crippen MR) is 218 cm³/mol. The maximum absolute atomic E-state index is 10.9. The lowest BCUT2D eigenvalue weighted by atomic mass is 10.0. The van der Waals surface area contributed by atoms with Gasteiger partial charge in [-0.3, -0.25) is 0 Å². The number of nitriles is 1. The second-order valence-corrected chi connectivity index (χ2v) is 13.5. The fourth-order valence-electron chi connectivity index (χ4n) is 8.67. The average molecular weight is 674 g/mol. The van der Waals surface area contributed by atoms with Crippen LogP contribution in [0.5, 0.6) is 0 Å². The molecule has 5 nitrogen and oxygen atoms in total. The van der Waals surface area contributed by atoms with Gasteiger partial charge in [-0.25, -0.2) is 4.85 Å². The third-order valence-corrected chi connectivity index (χ3v) is 10.9. The van der Waals surface area contributed by atoms with Crippen molar-refractivity contribution in [1.82, 2.24) is 13.7 Å². The van der Waals surface area contributed by atoms with Gasteiger partial charge in [0.15, 0.2) is 0 Å². The van der Waals surface area contributed by atoms with Crippen LogP contribution in [0, 0.1) is 17.9 Å². The van der Waals surface area contributed by atoms with Crippen LogP contribution < -0.4 is 0 Å². The lowest BCUT2D eigenvalue weighted by Gasteiger charge is -2.16. The molecule has 0 aliphatic carbocycles. The predicted octanol–water partition coefficient (Wildman–Crippen LogP) is 12.6. The van der Waals surface area contributed by atoms with Gasteiger partial charge >= 0.3 is 0 Å². The number of rotatable bonds is 3. The molecule has 0 amide bonds. The number of hydrogen-bond donors (Lipinski definition) is 0.